The molecule has 2 aromatic carbocycles. The summed E-state index contributed by atoms with van der Waals surface area (Å²) in [5.74, 6) is 1.67. The quantitative estimate of drug-likeness (QED) is 0.781. The number of rotatable bonds is 2. The number of ether oxygens (including phenoxy) is 1. The average molecular weight is 300 g/mol. The minimum Gasteiger partial charge on any atom is -0.496 e. The van der Waals surface area contributed by atoms with Gasteiger partial charge >= 0.3 is 0 Å². The molecule has 0 spiro atoms. The number of nitrogens with zero attached hydrogens (tertiary/aromatic N) is 2. The van der Waals surface area contributed by atoms with Crippen molar-refractivity contribution in [2.45, 2.75) is 6.92 Å². The predicted molar refractivity (Wildman–Crippen MR) is 85.7 cm³/mol. The third-order valence-corrected chi connectivity index (χ3v) is 3.52. The molecule has 0 atom stereocenters. The molecule has 0 aliphatic carbocycles. The molecule has 0 amide bonds. The zero-order chi connectivity index (χ0) is 15.0. The van der Waals surface area contributed by atoms with Crippen LogP contribution in [0.2, 0.25) is 5.02 Å². The first-order chi connectivity index (χ1) is 10.1. The monoisotopic (exact) mass is 299 g/mol. The molecule has 21 heavy (non-hydrogen) atoms. The Kier molecular flexibility index (Phi) is 3.39. The summed E-state index contributed by atoms with van der Waals surface area (Å²) in [6.07, 6.45) is 0. The molecule has 3 rings (SSSR count). The van der Waals surface area contributed by atoms with Gasteiger partial charge in [0.05, 0.1) is 18.2 Å². The van der Waals surface area contributed by atoms with Crippen molar-refractivity contribution >= 4 is 28.3 Å². The molecule has 5 heteroatoms. The Morgan fingerprint density at radius 2 is 1.90 bits per heavy atom. The summed E-state index contributed by atoms with van der Waals surface area (Å²) in [4.78, 5) is 8.96. The highest BCUT2D eigenvalue weighted by Crippen LogP contribution is 2.31. The molecule has 3 aromatic rings. The van der Waals surface area contributed by atoms with Gasteiger partial charge in [-0.15, -0.1) is 0 Å². The summed E-state index contributed by atoms with van der Waals surface area (Å²) < 4.78 is 5.38. The van der Waals surface area contributed by atoms with Crippen molar-refractivity contribution in [1.82, 2.24) is 9.97 Å². The molecular weight excluding hydrogens is 286 g/mol. The molecule has 0 bridgehead atoms. The number of fused-ring (bicyclic) bond motifs is 1. The molecule has 0 fully saturated rings. The van der Waals surface area contributed by atoms with Gasteiger partial charge in [0.15, 0.2) is 5.82 Å². The van der Waals surface area contributed by atoms with Crippen molar-refractivity contribution in [3.8, 4) is 17.1 Å². The maximum atomic E-state index is 6.04. The number of methoxy groups -OCH3 is 1. The topological polar surface area (TPSA) is 61.0 Å². The smallest absolute Gasteiger partial charge is 0.165 e. The van der Waals surface area contributed by atoms with Crippen molar-refractivity contribution < 1.29 is 4.74 Å². The van der Waals surface area contributed by atoms with Crippen molar-refractivity contribution in [3.05, 3.63) is 47.0 Å². The van der Waals surface area contributed by atoms with E-state index in [0.29, 0.717) is 27.9 Å². The van der Waals surface area contributed by atoms with E-state index in [1.54, 1.807) is 19.2 Å². The van der Waals surface area contributed by atoms with E-state index in [1.807, 2.05) is 31.2 Å². The van der Waals surface area contributed by atoms with Crippen LogP contribution in [-0.4, -0.2) is 17.1 Å². The molecule has 106 valence electrons. The van der Waals surface area contributed by atoms with E-state index in [-0.39, 0.29) is 0 Å². The van der Waals surface area contributed by atoms with Crippen LogP contribution >= 0.6 is 11.6 Å². The van der Waals surface area contributed by atoms with Gasteiger partial charge in [0.25, 0.3) is 0 Å². The zero-order valence-corrected chi connectivity index (χ0v) is 12.5. The highest BCUT2D eigenvalue weighted by molar-refractivity contribution is 6.31. The summed E-state index contributed by atoms with van der Waals surface area (Å²) in [5.41, 5.74) is 8.66. The molecule has 4 nitrogen and oxygen atoms in total. The van der Waals surface area contributed by atoms with Crippen molar-refractivity contribution in [2.75, 3.05) is 12.8 Å². The third-order valence-electron chi connectivity index (χ3n) is 3.28. The van der Waals surface area contributed by atoms with E-state index < -0.39 is 0 Å². The molecule has 0 unspecified atom stereocenters. The summed E-state index contributed by atoms with van der Waals surface area (Å²) in [5, 5.41) is 1.40. The molecule has 0 radical (unpaired) electrons. The second kappa shape index (κ2) is 5.22. The van der Waals surface area contributed by atoms with Crippen molar-refractivity contribution in [2.24, 2.45) is 0 Å². The summed E-state index contributed by atoms with van der Waals surface area (Å²) in [6.45, 7) is 2.00. The number of hydrogen-bond donors (Lipinski definition) is 1. The van der Waals surface area contributed by atoms with Crippen molar-refractivity contribution in [3.63, 3.8) is 0 Å². The van der Waals surface area contributed by atoms with E-state index in [1.165, 1.54) is 0 Å². The molecule has 1 heterocycles. The lowest BCUT2D eigenvalue weighted by molar-refractivity contribution is 0.416. The van der Waals surface area contributed by atoms with Gasteiger partial charge in [-0.05, 0) is 37.3 Å². The maximum absolute atomic E-state index is 6.04. The first-order valence-corrected chi connectivity index (χ1v) is 6.84. The minimum atomic E-state index is 0.426. The first kappa shape index (κ1) is 13.6. The maximum Gasteiger partial charge on any atom is 0.165 e. The Morgan fingerprint density at radius 1 is 1.10 bits per heavy atom. The van der Waals surface area contributed by atoms with Crippen LogP contribution in [0.1, 0.15) is 5.56 Å². The Bertz CT molecular complexity index is 833. The van der Waals surface area contributed by atoms with Gasteiger partial charge in [-0.3, -0.25) is 0 Å². The molecule has 2 N–H and O–H groups in total. The van der Waals surface area contributed by atoms with Crippen LogP contribution in [0.25, 0.3) is 22.3 Å². The van der Waals surface area contributed by atoms with Crippen LogP contribution in [0.15, 0.2) is 36.4 Å². The highest BCUT2D eigenvalue weighted by Gasteiger charge is 2.12. The lowest BCUT2D eigenvalue weighted by Crippen LogP contribution is -1.99. The number of aryl methyl sites for hydroxylation is 1. The SMILES string of the molecule is COc1ccc(C)cc1-c1nc(N)c2ccc(Cl)cc2n1. The van der Waals surface area contributed by atoms with Crippen LogP contribution in [-0.2, 0) is 0 Å². The molecular formula is C16H14ClN3O. The van der Waals surface area contributed by atoms with Gasteiger partial charge in [0.1, 0.15) is 11.6 Å². The largest absolute Gasteiger partial charge is 0.496 e. The van der Waals surface area contributed by atoms with E-state index in [0.717, 1.165) is 16.5 Å². The van der Waals surface area contributed by atoms with Crippen LogP contribution in [0.3, 0.4) is 0 Å². The Hall–Kier alpha value is -2.33. The standard InChI is InChI=1S/C16H14ClN3O/c1-9-3-6-14(21-2)12(7-9)16-19-13-8-10(17)4-5-11(13)15(18)20-16/h3-8H,1-2H3,(H2,18,19,20). The molecule has 1 aromatic heterocycles. The van der Waals surface area contributed by atoms with Gasteiger partial charge in [-0.25, -0.2) is 9.97 Å². The van der Waals surface area contributed by atoms with E-state index >= 15 is 0 Å². The van der Waals surface area contributed by atoms with Gasteiger partial charge in [-0.1, -0.05) is 23.2 Å². The average Bonchev–Trinajstić information content (AvgIpc) is 2.46. The summed E-state index contributed by atoms with van der Waals surface area (Å²) >= 11 is 6.03. The van der Waals surface area contributed by atoms with E-state index in [9.17, 15) is 0 Å². The minimum absolute atomic E-state index is 0.426. The number of nitrogen functional groups attached to an aromatic ring is 1. The fraction of sp³-hybridized carbons (Fsp3) is 0.125. The number of nitrogens with two attached hydrogens (primary N) is 1. The van der Waals surface area contributed by atoms with Gasteiger partial charge in [-0.2, -0.15) is 0 Å². The van der Waals surface area contributed by atoms with E-state index in [2.05, 4.69) is 9.97 Å². The zero-order valence-electron chi connectivity index (χ0n) is 11.7. The Balaban J connectivity index is 2.28. The summed E-state index contributed by atoms with van der Waals surface area (Å²) in [7, 11) is 1.62. The number of benzene rings is 2. The number of halogens is 1. The predicted octanol–water partition coefficient (Wildman–Crippen LogP) is 3.85. The number of aromatic nitrogens is 2. The fourth-order valence-corrected chi connectivity index (χ4v) is 2.41. The van der Waals surface area contributed by atoms with Crippen LogP contribution in [0, 0.1) is 6.92 Å². The van der Waals surface area contributed by atoms with Gasteiger partial charge in [0.2, 0.25) is 0 Å². The Morgan fingerprint density at radius 3 is 2.67 bits per heavy atom. The lowest BCUT2D eigenvalue weighted by Gasteiger charge is -2.10. The highest BCUT2D eigenvalue weighted by atomic mass is 35.5. The molecule has 0 saturated carbocycles. The van der Waals surface area contributed by atoms with Crippen LogP contribution in [0.5, 0.6) is 5.75 Å². The van der Waals surface area contributed by atoms with Crippen molar-refractivity contribution in [1.29, 1.82) is 0 Å². The second-order valence-corrected chi connectivity index (χ2v) is 5.23. The third kappa shape index (κ3) is 2.50. The Labute approximate surface area is 127 Å². The molecule has 0 aliphatic rings. The first-order valence-electron chi connectivity index (χ1n) is 6.46. The molecule has 0 aliphatic heterocycles. The second-order valence-electron chi connectivity index (χ2n) is 4.80. The molecule has 0 saturated heterocycles. The van der Waals surface area contributed by atoms with Gasteiger partial charge < -0.3 is 10.5 Å². The number of hydrogen-bond acceptors (Lipinski definition) is 4. The van der Waals surface area contributed by atoms with E-state index in [4.69, 9.17) is 22.1 Å². The van der Waals surface area contributed by atoms with Gasteiger partial charge in [0, 0.05) is 10.4 Å². The number of anilines is 1. The lowest BCUT2D eigenvalue weighted by atomic mass is 10.1. The van der Waals surface area contributed by atoms with Crippen LogP contribution in [0.4, 0.5) is 5.82 Å². The summed E-state index contributed by atoms with van der Waals surface area (Å²) in [6, 6.07) is 11.2. The fourth-order valence-electron chi connectivity index (χ4n) is 2.24. The van der Waals surface area contributed by atoms with Crippen LogP contribution < -0.4 is 10.5 Å². The normalized spacial score (nSPS) is 10.8.